The number of aryl methyl sites for hydroxylation is 2. The first-order chi connectivity index (χ1) is 19.3. The van der Waals surface area contributed by atoms with Crippen molar-refractivity contribution < 1.29 is 31.1 Å². The van der Waals surface area contributed by atoms with Crippen LogP contribution in [0.3, 0.4) is 0 Å². The summed E-state index contributed by atoms with van der Waals surface area (Å²) in [6.45, 7) is 5.49. The number of rotatable bonds is 9. The van der Waals surface area contributed by atoms with Crippen molar-refractivity contribution in [2.24, 2.45) is 0 Å². The van der Waals surface area contributed by atoms with E-state index in [-0.39, 0.29) is 46.5 Å². The molecule has 15 heteroatoms. The Kier molecular flexibility index (Phi) is 8.49. The summed E-state index contributed by atoms with van der Waals surface area (Å²) in [7, 11) is -2.65. The molecule has 0 saturated carbocycles. The van der Waals surface area contributed by atoms with Gasteiger partial charge in [0, 0.05) is 35.4 Å². The molecule has 1 aromatic carbocycles. The summed E-state index contributed by atoms with van der Waals surface area (Å²) in [5.41, 5.74) is 5.22. The molecule has 41 heavy (non-hydrogen) atoms. The molecule has 0 bridgehead atoms. The molecule has 0 spiro atoms. The zero-order valence-electron chi connectivity index (χ0n) is 22.6. The third-order valence-corrected chi connectivity index (χ3v) is 7.30. The van der Waals surface area contributed by atoms with Crippen molar-refractivity contribution in [3.63, 3.8) is 0 Å². The first kappa shape index (κ1) is 29.7. The van der Waals surface area contributed by atoms with Crippen LogP contribution in [0, 0.1) is 13.8 Å². The number of halogens is 3. The summed E-state index contributed by atoms with van der Waals surface area (Å²) in [5, 5.41) is 4.16. The largest absolute Gasteiger partial charge is 0.480 e. The summed E-state index contributed by atoms with van der Waals surface area (Å²) in [4.78, 5) is 25.8. The number of anilines is 3. The molecule has 3 aromatic rings. The second-order valence-corrected chi connectivity index (χ2v) is 11.2. The van der Waals surface area contributed by atoms with Crippen molar-refractivity contribution in [1.29, 1.82) is 0 Å². The lowest BCUT2D eigenvalue weighted by atomic mass is 10.1. The fourth-order valence-electron chi connectivity index (χ4n) is 4.16. The average molecular weight is 592 g/mol. The Morgan fingerprint density at radius 3 is 2.44 bits per heavy atom. The number of hydrazine groups is 1. The molecule has 218 valence electrons. The number of hydrogen-bond acceptors (Lipinski definition) is 10. The molecular weight excluding hydrogens is 563 g/mol. The minimum atomic E-state index is -4.56. The monoisotopic (exact) mass is 591 g/mol. The molecular formula is C26H28F3N7O4S. The number of sulfonamides is 1. The SMILES string of the molecule is CCCS(=O)(=O)NC(=O)c1cc(-c2cnc(Nc3cc(C)cc(C)c3)nc2N2C=CC(C(F)(F)F)N2)cnc1OC. The van der Waals surface area contributed by atoms with Crippen LogP contribution in [0.2, 0.25) is 0 Å². The minimum absolute atomic E-state index is 0.0202. The van der Waals surface area contributed by atoms with Gasteiger partial charge in [-0.25, -0.2) is 28.5 Å². The van der Waals surface area contributed by atoms with Gasteiger partial charge in [-0.1, -0.05) is 13.0 Å². The highest BCUT2D eigenvalue weighted by atomic mass is 32.2. The van der Waals surface area contributed by atoms with E-state index in [9.17, 15) is 26.4 Å². The van der Waals surface area contributed by atoms with Gasteiger partial charge in [-0.05, 0) is 55.7 Å². The van der Waals surface area contributed by atoms with Gasteiger partial charge in [0.1, 0.15) is 11.6 Å². The van der Waals surface area contributed by atoms with Crippen molar-refractivity contribution in [3.8, 4) is 17.0 Å². The lowest BCUT2D eigenvalue weighted by Gasteiger charge is -2.23. The number of amides is 1. The number of pyridine rings is 1. The molecule has 0 aliphatic carbocycles. The molecule has 0 saturated heterocycles. The number of hydrogen-bond donors (Lipinski definition) is 3. The van der Waals surface area contributed by atoms with E-state index in [0.717, 1.165) is 22.2 Å². The zero-order chi connectivity index (χ0) is 29.9. The molecule has 1 aliphatic heterocycles. The number of nitrogens with one attached hydrogen (secondary N) is 3. The molecule has 2 aromatic heterocycles. The molecule has 1 atom stereocenters. The third-order valence-electron chi connectivity index (χ3n) is 5.85. The number of nitrogens with zero attached hydrogens (tertiary/aromatic N) is 4. The molecule has 0 radical (unpaired) electrons. The quantitative estimate of drug-likeness (QED) is 0.333. The Morgan fingerprint density at radius 2 is 1.83 bits per heavy atom. The first-order valence-corrected chi connectivity index (χ1v) is 14.1. The van der Waals surface area contributed by atoms with Crippen LogP contribution in [-0.2, 0) is 10.0 Å². The normalized spacial score (nSPS) is 15.2. The Balaban J connectivity index is 1.78. The second-order valence-electron chi connectivity index (χ2n) is 9.32. The first-order valence-electron chi connectivity index (χ1n) is 12.4. The highest BCUT2D eigenvalue weighted by molar-refractivity contribution is 7.90. The van der Waals surface area contributed by atoms with Gasteiger partial charge in [-0.15, -0.1) is 0 Å². The van der Waals surface area contributed by atoms with E-state index >= 15 is 0 Å². The molecule has 3 heterocycles. The second kappa shape index (κ2) is 11.7. The van der Waals surface area contributed by atoms with E-state index in [1.165, 1.54) is 31.8 Å². The van der Waals surface area contributed by atoms with Crippen molar-refractivity contribution in [1.82, 2.24) is 25.1 Å². The van der Waals surface area contributed by atoms with Gasteiger partial charge in [0.2, 0.25) is 21.9 Å². The van der Waals surface area contributed by atoms with Gasteiger partial charge >= 0.3 is 6.18 Å². The van der Waals surface area contributed by atoms with Crippen molar-refractivity contribution in [2.45, 2.75) is 39.4 Å². The standard InChI is InChI=1S/C26H28F3N7O4S/c1-5-8-41(38,39)35-23(37)19-12-17(13-30-24(19)40-4)20-14-31-25(32-18-10-15(2)9-16(3)11-18)33-22(20)36-7-6-21(34-36)26(27,28)29/h6-7,9-14,21,34H,5,8H2,1-4H3,(H,35,37)(H,31,32,33). The van der Waals surface area contributed by atoms with Crippen LogP contribution in [0.15, 0.2) is 48.9 Å². The van der Waals surface area contributed by atoms with Crippen molar-refractivity contribution >= 4 is 33.4 Å². The van der Waals surface area contributed by atoms with E-state index < -0.39 is 28.1 Å². The van der Waals surface area contributed by atoms with Gasteiger partial charge in [0.15, 0.2) is 5.82 Å². The average Bonchev–Trinajstić information content (AvgIpc) is 3.38. The number of carbonyl (C=O) groups excluding carboxylic acids is 1. The Hall–Kier alpha value is -4.24. The van der Waals surface area contributed by atoms with E-state index in [2.05, 4.69) is 25.7 Å². The Bertz CT molecular complexity index is 1580. The molecule has 1 amide bonds. The van der Waals surface area contributed by atoms with E-state index in [1.807, 2.05) is 36.8 Å². The maximum Gasteiger partial charge on any atom is 0.409 e. The van der Waals surface area contributed by atoms with Gasteiger partial charge < -0.3 is 10.1 Å². The lowest BCUT2D eigenvalue weighted by Crippen LogP contribution is -2.44. The Morgan fingerprint density at radius 1 is 1.12 bits per heavy atom. The van der Waals surface area contributed by atoms with Gasteiger partial charge in [-0.3, -0.25) is 9.80 Å². The van der Waals surface area contributed by atoms with Crippen LogP contribution >= 0.6 is 0 Å². The summed E-state index contributed by atoms with van der Waals surface area (Å²) in [5.74, 6) is -1.27. The number of methoxy groups -OCH3 is 1. The fraction of sp³-hybridized carbons (Fsp3) is 0.308. The molecule has 1 aliphatic rings. The maximum atomic E-state index is 13.4. The number of ether oxygens (including phenoxy) is 1. The number of carbonyl (C=O) groups is 1. The van der Waals surface area contributed by atoms with E-state index in [0.29, 0.717) is 5.69 Å². The smallest absolute Gasteiger partial charge is 0.409 e. The van der Waals surface area contributed by atoms with Crippen LogP contribution < -0.4 is 25.2 Å². The van der Waals surface area contributed by atoms with Gasteiger partial charge in [0.25, 0.3) is 5.91 Å². The number of aromatic nitrogens is 3. The van der Waals surface area contributed by atoms with Crippen molar-refractivity contribution in [2.75, 3.05) is 23.2 Å². The van der Waals surface area contributed by atoms with Crippen molar-refractivity contribution in [3.05, 3.63) is 65.6 Å². The molecule has 3 N–H and O–H groups in total. The fourth-order valence-corrected chi connectivity index (χ4v) is 5.19. The van der Waals surface area contributed by atoms with E-state index in [4.69, 9.17) is 4.74 Å². The predicted molar refractivity (Wildman–Crippen MR) is 147 cm³/mol. The maximum absolute atomic E-state index is 13.4. The molecule has 4 rings (SSSR count). The van der Waals surface area contributed by atoms with Crippen LogP contribution in [0.1, 0.15) is 34.8 Å². The van der Waals surface area contributed by atoms with Crippen LogP contribution in [0.4, 0.5) is 30.6 Å². The van der Waals surface area contributed by atoms with Gasteiger partial charge in [0.05, 0.1) is 12.9 Å². The number of benzene rings is 1. The minimum Gasteiger partial charge on any atom is -0.480 e. The summed E-state index contributed by atoms with van der Waals surface area (Å²) < 4.78 is 71.8. The Labute approximate surface area is 234 Å². The van der Waals surface area contributed by atoms with E-state index in [1.54, 1.807) is 6.92 Å². The summed E-state index contributed by atoms with van der Waals surface area (Å²) in [6, 6.07) is 5.06. The predicted octanol–water partition coefficient (Wildman–Crippen LogP) is 4.15. The third kappa shape index (κ3) is 7.10. The molecule has 11 nitrogen and oxygen atoms in total. The highest BCUT2D eigenvalue weighted by Gasteiger charge is 2.41. The number of alkyl halides is 3. The molecule has 1 unspecified atom stereocenters. The van der Waals surface area contributed by atoms with Crippen LogP contribution in [0.25, 0.3) is 11.1 Å². The van der Waals surface area contributed by atoms with Gasteiger partial charge in [-0.2, -0.15) is 18.2 Å². The topological polar surface area (TPSA) is 138 Å². The zero-order valence-corrected chi connectivity index (χ0v) is 23.4. The van der Waals surface area contributed by atoms with Crippen LogP contribution in [0.5, 0.6) is 5.88 Å². The summed E-state index contributed by atoms with van der Waals surface area (Å²) >= 11 is 0. The molecule has 0 fully saturated rings. The van der Waals surface area contributed by atoms with Crippen LogP contribution in [-0.4, -0.2) is 54.4 Å². The highest BCUT2D eigenvalue weighted by Crippen LogP contribution is 2.34. The summed E-state index contributed by atoms with van der Waals surface area (Å²) in [6.07, 6.45) is 0.532. The lowest BCUT2D eigenvalue weighted by molar-refractivity contribution is -0.142.